The van der Waals surface area contributed by atoms with Gasteiger partial charge in [0.15, 0.2) is 0 Å². The highest BCUT2D eigenvalue weighted by molar-refractivity contribution is 7.91. The molecule has 15 heteroatoms. The number of urea groups is 1. The highest BCUT2D eigenvalue weighted by Crippen LogP contribution is 2.47. The minimum absolute atomic E-state index is 0.0228. The van der Waals surface area contributed by atoms with Crippen LogP contribution in [0.2, 0.25) is 0 Å². The Kier molecular flexibility index (Phi) is 9.31. The number of rotatable bonds is 9. The van der Waals surface area contributed by atoms with Crippen LogP contribution >= 0.6 is 0 Å². The molecule has 6 rings (SSSR count). The molecule has 0 radical (unpaired) electrons. The van der Waals surface area contributed by atoms with Gasteiger partial charge in [-0.15, -0.1) is 0 Å². The van der Waals surface area contributed by atoms with Crippen LogP contribution in [0.15, 0.2) is 48.8 Å². The predicted octanol–water partition coefficient (Wildman–Crippen LogP) is 3.04. The fourth-order valence-corrected chi connectivity index (χ4v) is 7.29. The Morgan fingerprint density at radius 3 is 2.67 bits per heavy atom. The molecule has 0 unspecified atom stereocenters. The number of ether oxygens (including phenoxy) is 2. The number of aromatic nitrogens is 3. The molecule has 3 heterocycles. The van der Waals surface area contributed by atoms with Crippen molar-refractivity contribution in [2.75, 3.05) is 27.3 Å². The number of amides is 4. The highest BCUT2D eigenvalue weighted by atomic mass is 32.2. The summed E-state index contributed by atoms with van der Waals surface area (Å²) in [7, 11) is 1.12. The maximum atomic E-state index is 13.9. The molecule has 4 amide bonds. The lowest BCUT2D eigenvalue weighted by atomic mass is 10.1. The van der Waals surface area contributed by atoms with Crippen LogP contribution in [-0.2, 0) is 26.7 Å². The molecule has 1 aromatic carbocycles. The summed E-state index contributed by atoms with van der Waals surface area (Å²) in [5, 5.41) is 10.6. The third-order valence-corrected chi connectivity index (χ3v) is 11.8. The highest BCUT2D eigenvalue weighted by Gasteiger charge is 2.62. The third-order valence-electron chi connectivity index (χ3n) is 9.68. The molecule has 3 atom stereocenters. The lowest BCUT2D eigenvalue weighted by molar-refractivity contribution is -0.130. The van der Waals surface area contributed by atoms with Gasteiger partial charge < -0.3 is 25.0 Å². The van der Waals surface area contributed by atoms with Gasteiger partial charge in [0, 0.05) is 62.3 Å². The van der Waals surface area contributed by atoms with E-state index in [1.807, 2.05) is 31.5 Å². The van der Waals surface area contributed by atoms with Crippen LogP contribution in [-0.4, -0.2) is 89.6 Å². The molecular weight excluding hydrogens is 650 g/mol. The predicted molar refractivity (Wildman–Crippen MR) is 182 cm³/mol. The summed E-state index contributed by atoms with van der Waals surface area (Å²) in [5.74, 6) is -0.622. The van der Waals surface area contributed by atoms with Crippen LogP contribution in [0, 0.1) is 5.92 Å². The first-order valence-electron chi connectivity index (χ1n) is 16.5. The Hall–Kier alpha value is -4.66. The van der Waals surface area contributed by atoms with Crippen molar-refractivity contribution in [1.29, 1.82) is 0 Å². The van der Waals surface area contributed by atoms with Crippen molar-refractivity contribution >= 4 is 38.8 Å². The number of carbonyl (C=O) groups excluding carboxylic acids is 3. The average Bonchev–Trinajstić information content (AvgIpc) is 3.95. The van der Waals surface area contributed by atoms with Crippen molar-refractivity contribution in [2.45, 2.75) is 68.2 Å². The van der Waals surface area contributed by atoms with Crippen LogP contribution in [0.4, 0.5) is 4.79 Å². The SMILES string of the molecule is COc1ccc2c(OCC[C@@H]3NC(=O)N(C)CCCC/C=C\[C@H]4C[C@@]4(C(=O)NS(=O)(=O)C4(C)CC4)NC3=O)cc(-c3cnn(C)c3)nc2c1. The monoisotopic (exact) mass is 693 g/mol. The number of pyridine rings is 1. The molecule has 2 aromatic heterocycles. The van der Waals surface area contributed by atoms with Crippen molar-refractivity contribution in [3.8, 4) is 22.8 Å². The van der Waals surface area contributed by atoms with E-state index in [4.69, 9.17) is 14.5 Å². The van der Waals surface area contributed by atoms with Gasteiger partial charge in [0.1, 0.15) is 23.1 Å². The Balaban J connectivity index is 1.25. The number of methoxy groups -OCH3 is 1. The number of benzene rings is 1. The normalized spacial score (nSPS) is 24.5. The van der Waals surface area contributed by atoms with Gasteiger partial charge in [-0.1, -0.05) is 12.2 Å². The summed E-state index contributed by atoms with van der Waals surface area (Å²) in [5.41, 5.74) is 0.597. The number of hydrogen-bond acceptors (Lipinski definition) is 9. The summed E-state index contributed by atoms with van der Waals surface area (Å²) in [6, 6.07) is 5.72. The zero-order valence-electron chi connectivity index (χ0n) is 28.2. The van der Waals surface area contributed by atoms with E-state index in [1.54, 1.807) is 50.2 Å². The summed E-state index contributed by atoms with van der Waals surface area (Å²) >= 11 is 0. The second kappa shape index (κ2) is 13.3. The number of hydrogen-bond donors (Lipinski definition) is 3. The quantitative estimate of drug-likeness (QED) is 0.285. The lowest BCUT2D eigenvalue weighted by Crippen LogP contribution is -2.58. The summed E-state index contributed by atoms with van der Waals surface area (Å²) < 4.78 is 40.6. The van der Waals surface area contributed by atoms with E-state index >= 15 is 0 Å². The first-order valence-corrected chi connectivity index (χ1v) is 18.0. The van der Waals surface area contributed by atoms with Crippen LogP contribution in [0.5, 0.6) is 11.5 Å². The summed E-state index contributed by atoms with van der Waals surface area (Å²) in [6.45, 7) is 2.12. The first kappa shape index (κ1) is 34.2. The smallest absolute Gasteiger partial charge is 0.317 e. The van der Waals surface area contributed by atoms with Crippen LogP contribution in [0.25, 0.3) is 22.2 Å². The van der Waals surface area contributed by atoms with Gasteiger partial charge in [-0.2, -0.15) is 5.10 Å². The van der Waals surface area contributed by atoms with E-state index in [9.17, 15) is 22.8 Å². The zero-order valence-corrected chi connectivity index (χ0v) is 29.0. The van der Waals surface area contributed by atoms with Gasteiger partial charge in [0.25, 0.3) is 5.91 Å². The maximum Gasteiger partial charge on any atom is 0.317 e. The number of nitrogens with one attached hydrogen (secondary N) is 3. The van der Waals surface area contributed by atoms with Gasteiger partial charge in [0.05, 0.1) is 35.9 Å². The average molecular weight is 694 g/mol. The molecule has 0 saturated heterocycles. The minimum Gasteiger partial charge on any atom is -0.497 e. The largest absolute Gasteiger partial charge is 0.497 e. The van der Waals surface area contributed by atoms with E-state index in [-0.39, 0.29) is 25.4 Å². The molecular formula is C34H43N7O7S. The van der Waals surface area contributed by atoms with Gasteiger partial charge in [-0.3, -0.25) is 19.0 Å². The molecule has 2 fully saturated rings. The number of allylic oxidation sites excluding steroid dienone is 1. The second-order valence-electron chi connectivity index (χ2n) is 13.4. The number of fused-ring (bicyclic) bond motifs is 2. The Labute approximate surface area is 285 Å². The van der Waals surface area contributed by atoms with Gasteiger partial charge in [0.2, 0.25) is 15.9 Å². The van der Waals surface area contributed by atoms with Crippen molar-refractivity contribution in [2.24, 2.45) is 13.0 Å². The molecule has 2 saturated carbocycles. The number of nitrogens with zero attached hydrogens (tertiary/aromatic N) is 4. The molecule has 0 spiro atoms. The fraction of sp³-hybridized carbons (Fsp3) is 0.500. The van der Waals surface area contributed by atoms with E-state index in [2.05, 4.69) is 20.5 Å². The fourth-order valence-electron chi connectivity index (χ4n) is 5.98. The van der Waals surface area contributed by atoms with Crippen LogP contribution in [0.1, 0.15) is 51.9 Å². The van der Waals surface area contributed by atoms with Crippen molar-refractivity contribution < 1.29 is 32.3 Å². The summed E-state index contributed by atoms with van der Waals surface area (Å²) in [6.07, 6.45) is 10.9. The molecule has 262 valence electrons. The Morgan fingerprint density at radius 2 is 1.96 bits per heavy atom. The molecule has 49 heavy (non-hydrogen) atoms. The van der Waals surface area contributed by atoms with E-state index in [1.165, 1.54) is 4.90 Å². The number of carbonyl (C=O) groups is 3. The molecule has 3 N–H and O–H groups in total. The molecule has 2 aliphatic carbocycles. The molecule has 3 aliphatic rings. The van der Waals surface area contributed by atoms with E-state index in [0.29, 0.717) is 42.1 Å². The zero-order chi connectivity index (χ0) is 35.0. The lowest BCUT2D eigenvalue weighted by Gasteiger charge is -2.26. The maximum absolute atomic E-state index is 13.9. The molecule has 0 bridgehead atoms. The summed E-state index contributed by atoms with van der Waals surface area (Å²) in [4.78, 5) is 47.1. The Bertz CT molecular complexity index is 1910. The third kappa shape index (κ3) is 7.21. The van der Waals surface area contributed by atoms with Gasteiger partial charge in [-0.25, -0.2) is 18.2 Å². The molecule has 1 aliphatic heterocycles. The number of aryl methyl sites for hydroxylation is 1. The van der Waals surface area contributed by atoms with Crippen LogP contribution < -0.4 is 24.8 Å². The second-order valence-corrected chi connectivity index (χ2v) is 15.6. The van der Waals surface area contributed by atoms with E-state index < -0.39 is 44.2 Å². The van der Waals surface area contributed by atoms with E-state index in [0.717, 1.165) is 30.2 Å². The van der Waals surface area contributed by atoms with Crippen molar-refractivity contribution in [1.82, 2.24) is 35.0 Å². The minimum atomic E-state index is -3.93. The molecule has 14 nitrogen and oxygen atoms in total. The Morgan fingerprint density at radius 1 is 1.16 bits per heavy atom. The van der Waals surface area contributed by atoms with Crippen molar-refractivity contribution in [3.63, 3.8) is 0 Å². The topological polar surface area (TPSA) is 174 Å². The van der Waals surface area contributed by atoms with Crippen molar-refractivity contribution in [3.05, 3.63) is 48.8 Å². The van der Waals surface area contributed by atoms with Gasteiger partial charge >= 0.3 is 6.03 Å². The first-order chi connectivity index (χ1) is 23.3. The van der Waals surface area contributed by atoms with Gasteiger partial charge in [-0.05, 0) is 57.6 Å². The number of sulfonamides is 1. The van der Waals surface area contributed by atoms with Crippen LogP contribution in [0.3, 0.4) is 0 Å². The standard InChI is InChI=1S/C34H43N7O7S/c1-33(13-14-33)49(45,46)39-31(43)34-19-23(34)9-7-5-6-8-15-40(2)32(44)37-26(30(42)38-34)12-16-48-29-18-27(22-20-35-41(3)21-22)36-28-17-24(47-4)10-11-25(28)29/h7,9-11,17-18,20-21,23,26H,5-6,8,12-16,19H2,1-4H3,(H,37,44)(H,38,42)(H,39,43)/b9-7-/t23-,26-,34+/m0/s1. The molecule has 3 aromatic rings.